The van der Waals surface area contributed by atoms with E-state index in [1.165, 1.54) is 19.2 Å². The number of hydrogen-bond donors (Lipinski definition) is 0. The first-order chi connectivity index (χ1) is 9.96. The Labute approximate surface area is 123 Å². The van der Waals surface area contributed by atoms with Crippen LogP contribution < -0.4 is 4.74 Å². The van der Waals surface area contributed by atoms with Crippen molar-refractivity contribution >= 4 is 20.5 Å². The molecule has 0 N–H and O–H groups in total. The fraction of sp³-hybridized carbons (Fsp3) is 0.0625. The van der Waals surface area contributed by atoms with Gasteiger partial charge in [0.1, 0.15) is 5.75 Å². The molecule has 2 aromatic carbocycles. The van der Waals surface area contributed by atoms with E-state index in [1.807, 2.05) is 0 Å². The molecule has 0 aliphatic carbocycles. The molecule has 4 nitrogen and oxygen atoms in total. The Hall–Kier alpha value is -2.40. The van der Waals surface area contributed by atoms with Crippen molar-refractivity contribution in [3.8, 4) is 5.75 Å². The summed E-state index contributed by atoms with van der Waals surface area (Å²) in [7, 11) is -2.55. The summed E-state index contributed by atoms with van der Waals surface area (Å²) in [4.78, 5) is 12.2. The van der Waals surface area contributed by atoms with Crippen molar-refractivity contribution in [2.75, 3.05) is 7.11 Å². The van der Waals surface area contributed by atoms with Gasteiger partial charge in [-0.2, -0.15) is 0 Å². The predicted octanol–water partition coefficient (Wildman–Crippen LogP) is 2.71. The number of ether oxygens (including phenoxy) is 1. The summed E-state index contributed by atoms with van der Waals surface area (Å²) in [5, 5.41) is -1.00. The lowest BCUT2D eigenvalue weighted by Gasteiger charge is -2.07. The van der Waals surface area contributed by atoms with Crippen molar-refractivity contribution in [3.63, 3.8) is 0 Å². The highest BCUT2D eigenvalue weighted by Crippen LogP contribution is 2.23. The van der Waals surface area contributed by atoms with Gasteiger partial charge in [0.25, 0.3) is 5.12 Å². The van der Waals surface area contributed by atoms with Gasteiger partial charge in [0.15, 0.2) is 0 Å². The van der Waals surface area contributed by atoms with Crippen LogP contribution in [0, 0.1) is 0 Å². The van der Waals surface area contributed by atoms with Gasteiger partial charge in [-0.1, -0.05) is 36.9 Å². The highest BCUT2D eigenvalue weighted by Gasteiger charge is 2.27. The van der Waals surface area contributed by atoms with Gasteiger partial charge in [-0.05, 0) is 29.8 Å². The minimum Gasteiger partial charge on any atom is -0.497 e. The van der Waals surface area contributed by atoms with Gasteiger partial charge in [0.05, 0.1) is 12.0 Å². The third-order valence-corrected chi connectivity index (χ3v) is 4.61. The van der Waals surface area contributed by atoms with Gasteiger partial charge in [0.2, 0.25) is 9.84 Å². The third kappa shape index (κ3) is 3.03. The van der Waals surface area contributed by atoms with Crippen molar-refractivity contribution in [2.45, 2.75) is 4.90 Å². The maximum atomic E-state index is 12.2. The molecule has 0 atom stereocenters. The standard InChI is InChI=1S/C16H14O4S/c1-12(13-8-10-14(20-2)11-9-13)16(17)21(18,19)15-6-4-3-5-7-15/h3-11H,1H2,2H3. The van der Waals surface area contributed by atoms with Crippen LogP contribution in [0.3, 0.4) is 0 Å². The Bertz CT molecular complexity index is 760. The average Bonchev–Trinajstić information content (AvgIpc) is 2.54. The fourth-order valence-corrected chi connectivity index (χ4v) is 2.95. The van der Waals surface area contributed by atoms with Gasteiger partial charge in [-0.25, -0.2) is 8.42 Å². The molecule has 0 aliphatic heterocycles. The summed E-state index contributed by atoms with van der Waals surface area (Å²) < 4.78 is 29.5. The first-order valence-electron chi connectivity index (χ1n) is 6.14. The molecular weight excluding hydrogens is 288 g/mol. The molecule has 2 rings (SSSR count). The number of carbonyl (C=O) groups excluding carboxylic acids is 1. The quantitative estimate of drug-likeness (QED) is 0.815. The number of carbonyl (C=O) groups is 1. The number of hydrogen-bond acceptors (Lipinski definition) is 4. The number of methoxy groups -OCH3 is 1. The average molecular weight is 302 g/mol. The smallest absolute Gasteiger partial charge is 0.281 e. The van der Waals surface area contributed by atoms with E-state index in [2.05, 4.69) is 6.58 Å². The molecule has 0 fully saturated rings. The SMILES string of the molecule is C=C(C(=O)S(=O)(=O)c1ccccc1)c1ccc(OC)cc1. The predicted molar refractivity (Wildman–Crippen MR) is 80.7 cm³/mol. The number of benzene rings is 2. The van der Waals surface area contributed by atoms with E-state index in [-0.39, 0.29) is 10.5 Å². The van der Waals surface area contributed by atoms with Crippen molar-refractivity contribution in [1.82, 2.24) is 0 Å². The van der Waals surface area contributed by atoms with Crippen LogP contribution >= 0.6 is 0 Å². The topological polar surface area (TPSA) is 60.4 Å². The van der Waals surface area contributed by atoms with Crippen LogP contribution in [0.2, 0.25) is 0 Å². The highest BCUT2D eigenvalue weighted by molar-refractivity contribution is 8.07. The normalized spacial score (nSPS) is 10.9. The minimum absolute atomic E-state index is 0.0374. The molecule has 5 heteroatoms. The fourth-order valence-electron chi connectivity index (χ4n) is 1.78. The lowest BCUT2D eigenvalue weighted by Crippen LogP contribution is -2.16. The first kappa shape index (κ1) is 15.0. The molecular formula is C16H14O4S. The van der Waals surface area contributed by atoms with Crippen LogP contribution in [-0.4, -0.2) is 20.6 Å². The molecule has 108 valence electrons. The zero-order chi connectivity index (χ0) is 15.5. The summed E-state index contributed by atoms with van der Waals surface area (Å²) in [5.41, 5.74) is 0.377. The van der Waals surface area contributed by atoms with Gasteiger partial charge >= 0.3 is 0 Å². The van der Waals surface area contributed by atoms with E-state index in [9.17, 15) is 13.2 Å². The van der Waals surface area contributed by atoms with Crippen molar-refractivity contribution in [3.05, 3.63) is 66.7 Å². The van der Waals surface area contributed by atoms with E-state index >= 15 is 0 Å². The van der Waals surface area contributed by atoms with Crippen LogP contribution in [0.4, 0.5) is 0 Å². The zero-order valence-electron chi connectivity index (χ0n) is 11.4. The van der Waals surface area contributed by atoms with Crippen LogP contribution in [0.25, 0.3) is 5.57 Å². The number of sulfone groups is 1. The maximum Gasteiger partial charge on any atom is 0.281 e. The lowest BCUT2D eigenvalue weighted by molar-refractivity contribution is -0.107. The largest absolute Gasteiger partial charge is 0.497 e. The van der Waals surface area contributed by atoms with Crippen molar-refractivity contribution < 1.29 is 17.9 Å². The Kier molecular flexibility index (Phi) is 4.23. The van der Waals surface area contributed by atoms with Gasteiger partial charge in [-0.15, -0.1) is 0 Å². The molecule has 0 amide bonds. The van der Waals surface area contributed by atoms with E-state index in [0.717, 1.165) is 0 Å². The highest BCUT2D eigenvalue weighted by atomic mass is 32.2. The summed E-state index contributed by atoms with van der Waals surface area (Å²) in [5.74, 6) is 0.616. The molecule has 0 unspecified atom stereocenters. The second kappa shape index (κ2) is 5.93. The van der Waals surface area contributed by atoms with Gasteiger partial charge < -0.3 is 4.74 Å². The van der Waals surface area contributed by atoms with Crippen LogP contribution in [-0.2, 0) is 14.6 Å². The molecule has 0 saturated heterocycles. The molecule has 0 heterocycles. The maximum absolute atomic E-state index is 12.2. The van der Waals surface area contributed by atoms with E-state index in [0.29, 0.717) is 11.3 Å². The summed E-state index contributed by atoms with van der Waals surface area (Å²) >= 11 is 0. The van der Waals surface area contributed by atoms with Crippen molar-refractivity contribution in [1.29, 1.82) is 0 Å². The molecule has 0 spiro atoms. The molecule has 0 bridgehead atoms. The monoisotopic (exact) mass is 302 g/mol. The Morgan fingerprint density at radius 3 is 2.10 bits per heavy atom. The molecule has 21 heavy (non-hydrogen) atoms. The molecule has 0 aromatic heterocycles. The molecule has 0 radical (unpaired) electrons. The zero-order valence-corrected chi connectivity index (χ0v) is 12.3. The van der Waals surface area contributed by atoms with E-state index in [1.54, 1.807) is 42.5 Å². The summed E-state index contributed by atoms with van der Waals surface area (Å²) in [6, 6.07) is 14.1. The van der Waals surface area contributed by atoms with Crippen LogP contribution in [0.5, 0.6) is 5.75 Å². The second-order valence-corrected chi connectivity index (χ2v) is 6.16. The van der Waals surface area contributed by atoms with Crippen molar-refractivity contribution in [2.24, 2.45) is 0 Å². The third-order valence-electron chi connectivity index (χ3n) is 2.98. The van der Waals surface area contributed by atoms with E-state index < -0.39 is 15.0 Å². The Morgan fingerprint density at radius 2 is 1.57 bits per heavy atom. The minimum atomic E-state index is -4.07. The first-order valence-corrected chi connectivity index (χ1v) is 7.63. The van der Waals surface area contributed by atoms with E-state index in [4.69, 9.17) is 4.74 Å². The van der Waals surface area contributed by atoms with Gasteiger partial charge in [-0.3, -0.25) is 4.79 Å². The Morgan fingerprint density at radius 1 is 1.00 bits per heavy atom. The Balaban J connectivity index is 2.32. The summed E-state index contributed by atoms with van der Waals surface area (Å²) in [6.45, 7) is 3.60. The van der Waals surface area contributed by atoms with Crippen LogP contribution in [0.15, 0.2) is 66.1 Å². The molecule has 0 aliphatic rings. The van der Waals surface area contributed by atoms with Gasteiger partial charge in [0, 0.05) is 5.57 Å². The van der Waals surface area contributed by atoms with Crippen LogP contribution in [0.1, 0.15) is 5.56 Å². The molecule has 2 aromatic rings. The second-order valence-electron chi connectivity index (χ2n) is 4.31. The molecule has 0 saturated carbocycles. The number of rotatable bonds is 4. The lowest BCUT2D eigenvalue weighted by atomic mass is 10.1. The summed E-state index contributed by atoms with van der Waals surface area (Å²) in [6.07, 6.45) is 0.